The van der Waals surface area contributed by atoms with E-state index in [-0.39, 0.29) is 0 Å². The quantitative estimate of drug-likeness (QED) is 0.659. The molecule has 0 saturated carbocycles. The summed E-state index contributed by atoms with van der Waals surface area (Å²) in [6.45, 7) is 11.9. The average molecular weight is 198 g/mol. The van der Waals surface area contributed by atoms with E-state index in [1.807, 2.05) is 0 Å². The van der Waals surface area contributed by atoms with E-state index in [2.05, 4.69) is 31.0 Å². The molecule has 1 N–H and O–H groups in total. The average Bonchev–Trinajstić information content (AvgIpc) is 2.65. The van der Waals surface area contributed by atoms with Crippen molar-refractivity contribution in [2.45, 2.75) is 52.0 Å². The molecule has 0 amide bonds. The minimum atomic E-state index is 0.324. The lowest BCUT2D eigenvalue weighted by molar-refractivity contribution is 0.312. The molecule has 14 heavy (non-hydrogen) atoms. The van der Waals surface area contributed by atoms with Crippen LogP contribution in [0.3, 0.4) is 0 Å². The monoisotopic (exact) mass is 198 g/mol. The number of nitrogens with one attached hydrogen (secondary N) is 1. The molecular weight excluding hydrogens is 172 g/mol. The molecule has 84 valence electrons. The molecule has 0 aromatic heterocycles. The van der Waals surface area contributed by atoms with Gasteiger partial charge in [-0.15, -0.1) is 0 Å². The van der Waals surface area contributed by atoms with Crippen LogP contribution in [0.25, 0.3) is 0 Å². The molecule has 1 fully saturated rings. The zero-order chi connectivity index (χ0) is 10.4. The van der Waals surface area contributed by atoms with Crippen LogP contribution in [-0.2, 0) is 0 Å². The Hall–Kier alpha value is -0.0800. The Morgan fingerprint density at radius 2 is 1.86 bits per heavy atom. The lowest BCUT2D eigenvalue weighted by Crippen LogP contribution is -2.39. The van der Waals surface area contributed by atoms with Gasteiger partial charge in [0.25, 0.3) is 0 Å². The summed E-state index contributed by atoms with van der Waals surface area (Å²) in [6.07, 6.45) is 5.32. The van der Waals surface area contributed by atoms with Gasteiger partial charge in [0.2, 0.25) is 0 Å². The minimum absolute atomic E-state index is 0.324. The van der Waals surface area contributed by atoms with Crippen molar-refractivity contribution < 1.29 is 0 Å². The van der Waals surface area contributed by atoms with E-state index in [1.54, 1.807) is 0 Å². The smallest absolute Gasteiger partial charge is 0.0122 e. The molecule has 0 spiro atoms. The normalized spacial score (nSPS) is 19.1. The van der Waals surface area contributed by atoms with Crippen LogP contribution in [0.5, 0.6) is 0 Å². The predicted octanol–water partition coefficient (Wildman–Crippen LogP) is 2.25. The van der Waals surface area contributed by atoms with Crippen molar-refractivity contribution in [3.05, 3.63) is 0 Å². The molecule has 0 atom stereocenters. The molecule has 2 heteroatoms. The van der Waals surface area contributed by atoms with Gasteiger partial charge >= 0.3 is 0 Å². The summed E-state index contributed by atoms with van der Waals surface area (Å²) in [5.74, 6) is 0. The van der Waals surface area contributed by atoms with Crippen LogP contribution in [-0.4, -0.2) is 36.6 Å². The van der Waals surface area contributed by atoms with Gasteiger partial charge in [0.15, 0.2) is 0 Å². The van der Waals surface area contributed by atoms with Gasteiger partial charge in [0.1, 0.15) is 0 Å². The summed E-state index contributed by atoms with van der Waals surface area (Å²) in [5, 5.41) is 3.61. The van der Waals surface area contributed by atoms with Crippen molar-refractivity contribution in [3.8, 4) is 0 Å². The summed E-state index contributed by atoms with van der Waals surface area (Å²) in [6, 6.07) is 0. The summed E-state index contributed by atoms with van der Waals surface area (Å²) >= 11 is 0. The first-order valence-corrected chi connectivity index (χ1v) is 6.11. The molecule has 0 aromatic rings. The number of hydrogen-bond donors (Lipinski definition) is 1. The standard InChI is InChI=1S/C12H26N2/c1-4-12(2,3)13-8-7-11-14-9-5-6-10-14/h13H,4-11H2,1-3H3. The van der Waals surface area contributed by atoms with Crippen molar-refractivity contribution >= 4 is 0 Å². The highest BCUT2D eigenvalue weighted by Crippen LogP contribution is 2.09. The van der Waals surface area contributed by atoms with Crippen molar-refractivity contribution in [2.75, 3.05) is 26.2 Å². The molecule has 1 saturated heterocycles. The summed E-state index contributed by atoms with van der Waals surface area (Å²) in [7, 11) is 0. The molecule has 0 aromatic carbocycles. The van der Waals surface area contributed by atoms with Crippen LogP contribution in [0.1, 0.15) is 46.5 Å². The molecule has 1 rings (SSSR count). The lowest BCUT2D eigenvalue weighted by Gasteiger charge is -2.25. The minimum Gasteiger partial charge on any atom is -0.312 e. The van der Waals surface area contributed by atoms with E-state index < -0.39 is 0 Å². The molecule has 1 heterocycles. The topological polar surface area (TPSA) is 15.3 Å². The Kier molecular flexibility index (Phi) is 4.90. The fraction of sp³-hybridized carbons (Fsp3) is 1.00. The Labute approximate surface area is 89.1 Å². The fourth-order valence-electron chi connectivity index (χ4n) is 1.86. The van der Waals surface area contributed by atoms with E-state index >= 15 is 0 Å². The van der Waals surface area contributed by atoms with Crippen LogP contribution in [0, 0.1) is 0 Å². The van der Waals surface area contributed by atoms with Gasteiger partial charge in [-0.1, -0.05) is 6.92 Å². The second-order valence-electron chi connectivity index (χ2n) is 5.07. The van der Waals surface area contributed by atoms with E-state index in [0.717, 1.165) is 6.54 Å². The summed E-state index contributed by atoms with van der Waals surface area (Å²) in [4.78, 5) is 2.58. The molecule has 0 bridgehead atoms. The molecule has 0 aliphatic carbocycles. The zero-order valence-electron chi connectivity index (χ0n) is 10.1. The molecule has 1 aliphatic rings. The Morgan fingerprint density at radius 3 is 2.43 bits per heavy atom. The molecule has 2 nitrogen and oxygen atoms in total. The van der Waals surface area contributed by atoms with E-state index in [1.165, 1.54) is 45.3 Å². The Morgan fingerprint density at radius 1 is 1.21 bits per heavy atom. The molecule has 1 aliphatic heterocycles. The predicted molar refractivity (Wildman–Crippen MR) is 62.7 cm³/mol. The van der Waals surface area contributed by atoms with Gasteiger partial charge < -0.3 is 10.2 Å². The summed E-state index contributed by atoms with van der Waals surface area (Å²) < 4.78 is 0. The maximum absolute atomic E-state index is 3.61. The Bertz CT molecular complexity index is 148. The highest BCUT2D eigenvalue weighted by atomic mass is 15.1. The van der Waals surface area contributed by atoms with Crippen LogP contribution in [0.4, 0.5) is 0 Å². The Balaban J connectivity index is 1.98. The second-order valence-corrected chi connectivity index (χ2v) is 5.07. The van der Waals surface area contributed by atoms with Crippen LogP contribution < -0.4 is 5.32 Å². The first kappa shape index (κ1) is 12.0. The third kappa shape index (κ3) is 4.43. The highest BCUT2D eigenvalue weighted by Gasteiger charge is 2.14. The van der Waals surface area contributed by atoms with Gasteiger partial charge in [-0.2, -0.15) is 0 Å². The van der Waals surface area contributed by atoms with Gasteiger partial charge in [0.05, 0.1) is 0 Å². The van der Waals surface area contributed by atoms with Crippen molar-refractivity contribution in [1.82, 2.24) is 10.2 Å². The van der Waals surface area contributed by atoms with Crippen molar-refractivity contribution in [1.29, 1.82) is 0 Å². The number of rotatable bonds is 6. The lowest BCUT2D eigenvalue weighted by atomic mass is 10.0. The van der Waals surface area contributed by atoms with Crippen LogP contribution in [0.15, 0.2) is 0 Å². The maximum atomic E-state index is 3.61. The first-order valence-electron chi connectivity index (χ1n) is 6.11. The third-order valence-corrected chi connectivity index (χ3v) is 3.34. The highest BCUT2D eigenvalue weighted by molar-refractivity contribution is 4.75. The number of likely N-dealkylation sites (tertiary alicyclic amines) is 1. The van der Waals surface area contributed by atoms with Gasteiger partial charge in [-0.3, -0.25) is 0 Å². The molecular formula is C12H26N2. The van der Waals surface area contributed by atoms with Gasteiger partial charge in [-0.05, 0) is 65.7 Å². The largest absolute Gasteiger partial charge is 0.312 e. The van der Waals surface area contributed by atoms with E-state index in [4.69, 9.17) is 0 Å². The van der Waals surface area contributed by atoms with Gasteiger partial charge in [-0.25, -0.2) is 0 Å². The van der Waals surface area contributed by atoms with E-state index in [9.17, 15) is 0 Å². The maximum Gasteiger partial charge on any atom is 0.0122 e. The molecule has 0 unspecified atom stereocenters. The molecule has 0 radical (unpaired) electrons. The second kappa shape index (κ2) is 5.72. The number of nitrogens with zero attached hydrogens (tertiary/aromatic N) is 1. The first-order chi connectivity index (χ1) is 6.64. The number of hydrogen-bond acceptors (Lipinski definition) is 2. The fourth-order valence-corrected chi connectivity index (χ4v) is 1.86. The van der Waals surface area contributed by atoms with Crippen LogP contribution >= 0.6 is 0 Å². The van der Waals surface area contributed by atoms with Gasteiger partial charge in [0, 0.05) is 5.54 Å². The van der Waals surface area contributed by atoms with Crippen molar-refractivity contribution in [3.63, 3.8) is 0 Å². The van der Waals surface area contributed by atoms with Crippen LogP contribution in [0.2, 0.25) is 0 Å². The van der Waals surface area contributed by atoms with E-state index in [0.29, 0.717) is 5.54 Å². The summed E-state index contributed by atoms with van der Waals surface area (Å²) in [5.41, 5.74) is 0.324. The third-order valence-electron chi connectivity index (χ3n) is 3.34. The zero-order valence-corrected chi connectivity index (χ0v) is 10.1. The SMILES string of the molecule is CCC(C)(C)NCCCN1CCCC1. The van der Waals surface area contributed by atoms with Crippen molar-refractivity contribution in [2.24, 2.45) is 0 Å².